The summed E-state index contributed by atoms with van der Waals surface area (Å²) in [5.74, 6) is 0.277. The van der Waals surface area contributed by atoms with Crippen LogP contribution < -0.4 is 15.5 Å². The molecule has 0 radical (unpaired) electrons. The maximum absolute atomic E-state index is 9.34. The second kappa shape index (κ2) is 8.24. The largest absolute Gasteiger partial charge is 0.508 e. The maximum Gasteiger partial charge on any atom is 0.187 e. The van der Waals surface area contributed by atoms with Crippen molar-refractivity contribution in [2.75, 3.05) is 36.4 Å². The summed E-state index contributed by atoms with van der Waals surface area (Å²) in [5.41, 5.74) is 3.33. The van der Waals surface area contributed by atoms with E-state index in [0.717, 1.165) is 47.4 Å². The van der Waals surface area contributed by atoms with E-state index in [2.05, 4.69) is 44.8 Å². The summed E-state index contributed by atoms with van der Waals surface area (Å²) in [4.78, 5) is 7.94. The molecule has 0 atom stereocenters. The van der Waals surface area contributed by atoms with Gasteiger partial charge in [-0.3, -0.25) is 0 Å². The van der Waals surface area contributed by atoms with Gasteiger partial charge in [0, 0.05) is 48.6 Å². The smallest absolute Gasteiger partial charge is 0.187 e. The van der Waals surface area contributed by atoms with Gasteiger partial charge in [-0.1, -0.05) is 35.6 Å². The van der Waals surface area contributed by atoms with Crippen LogP contribution in [-0.4, -0.2) is 36.3 Å². The second-order valence-corrected chi connectivity index (χ2v) is 7.47. The van der Waals surface area contributed by atoms with Crippen LogP contribution in [0.15, 0.2) is 54.7 Å². The molecule has 138 valence electrons. The fourth-order valence-corrected chi connectivity index (χ4v) is 3.75. The van der Waals surface area contributed by atoms with Crippen molar-refractivity contribution >= 4 is 40.0 Å². The Morgan fingerprint density at radius 1 is 1.07 bits per heavy atom. The van der Waals surface area contributed by atoms with Gasteiger partial charge in [0.1, 0.15) is 5.75 Å². The molecule has 0 saturated carbocycles. The highest BCUT2D eigenvalue weighted by Gasteiger charge is 2.10. The summed E-state index contributed by atoms with van der Waals surface area (Å²) >= 11 is 1.61. The molecule has 0 amide bonds. The van der Waals surface area contributed by atoms with Gasteiger partial charge >= 0.3 is 0 Å². The Bertz CT molecular complexity index is 914. The number of nitrogens with zero attached hydrogens (tertiary/aromatic N) is 2. The quantitative estimate of drug-likeness (QED) is 0.622. The van der Waals surface area contributed by atoms with Crippen LogP contribution in [0, 0.1) is 0 Å². The highest BCUT2D eigenvalue weighted by atomic mass is 32.1. The van der Waals surface area contributed by atoms with Crippen LogP contribution in [0.4, 0.5) is 16.5 Å². The fourth-order valence-electron chi connectivity index (χ4n) is 3.01. The van der Waals surface area contributed by atoms with E-state index in [0.29, 0.717) is 0 Å². The molecule has 27 heavy (non-hydrogen) atoms. The zero-order chi connectivity index (χ0) is 18.5. The second-order valence-electron chi connectivity index (χ2n) is 6.41. The molecule has 2 aromatic carbocycles. The minimum absolute atomic E-state index is 0.277. The van der Waals surface area contributed by atoms with Gasteiger partial charge in [0.15, 0.2) is 5.13 Å². The lowest BCUT2D eigenvalue weighted by Gasteiger charge is -2.29. The fraction of sp³-hybridized carbons (Fsp3) is 0.190. The minimum Gasteiger partial charge on any atom is -0.508 e. The molecule has 0 bridgehead atoms. The van der Waals surface area contributed by atoms with Crippen LogP contribution in [0.3, 0.4) is 0 Å². The zero-order valence-corrected chi connectivity index (χ0v) is 15.7. The molecule has 4 rings (SSSR count). The van der Waals surface area contributed by atoms with Gasteiger partial charge in [0.05, 0.1) is 0 Å². The topological polar surface area (TPSA) is 60.4 Å². The van der Waals surface area contributed by atoms with Gasteiger partial charge in [-0.25, -0.2) is 4.98 Å². The van der Waals surface area contributed by atoms with Crippen LogP contribution in [0.5, 0.6) is 5.75 Å². The van der Waals surface area contributed by atoms with Gasteiger partial charge < -0.3 is 20.6 Å². The SMILES string of the molecule is Oc1ccc(C=Cc2cnc(Nc3cccc(N4CCNCC4)c3)s2)cc1. The van der Waals surface area contributed by atoms with Crippen molar-refractivity contribution in [1.29, 1.82) is 0 Å². The summed E-state index contributed by atoms with van der Waals surface area (Å²) in [6, 6.07) is 15.6. The Balaban J connectivity index is 1.42. The number of piperazine rings is 1. The Hall–Kier alpha value is -2.83. The molecule has 5 nitrogen and oxygen atoms in total. The molecule has 2 heterocycles. The van der Waals surface area contributed by atoms with Crippen molar-refractivity contribution in [2.45, 2.75) is 0 Å². The molecule has 3 aromatic rings. The standard InChI is InChI=1S/C21H22N4OS/c26-19-7-4-16(5-8-19)6-9-20-15-23-21(27-20)24-17-2-1-3-18(14-17)25-12-10-22-11-13-25/h1-9,14-15,22,26H,10-13H2,(H,23,24). The van der Waals surface area contributed by atoms with Crippen molar-refractivity contribution in [3.05, 3.63) is 65.2 Å². The van der Waals surface area contributed by atoms with E-state index in [1.807, 2.05) is 30.5 Å². The van der Waals surface area contributed by atoms with Crippen molar-refractivity contribution in [2.24, 2.45) is 0 Å². The zero-order valence-electron chi connectivity index (χ0n) is 14.9. The number of benzene rings is 2. The Labute approximate surface area is 163 Å². The van der Waals surface area contributed by atoms with Crippen molar-refractivity contribution < 1.29 is 5.11 Å². The Morgan fingerprint density at radius 3 is 2.70 bits per heavy atom. The third kappa shape index (κ3) is 4.67. The molecule has 0 spiro atoms. The van der Waals surface area contributed by atoms with Crippen LogP contribution >= 0.6 is 11.3 Å². The van der Waals surface area contributed by atoms with Crippen LogP contribution in [0.1, 0.15) is 10.4 Å². The highest BCUT2D eigenvalue weighted by Crippen LogP contribution is 2.27. The summed E-state index contributed by atoms with van der Waals surface area (Å²) in [6.07, 6.45) is 5.91. The number of rotatable bonds is 5. The number of aromatic nitrogens is 1. The van der Waals surface area contributed by atoms with E-state index in [9.17, 15) is 5.11 Å². The van der Waals surface area contributed by atoms with Crippen LogP contribution in [0.25, 0.3) is 12.2 Å². The average Bonchev–Trinajstić information content (AvgIpc) is 3.16. The van der Waals surface area contributed by atoms with E-state index in [4.69, 9.17) is 0 Å². The number of thiazole rings is 1. The van der Waals surface area contributed by atoms with Gasteiger partial charge in [-0.05, 0) is 42.0 Å². The molecule has 6 heteroatoms. The van der Waals surface area contributed by atoms with Gasteiger partial charge in [-0.2, -0.15) is 0 Å². The first kappa shape index (κ1) is 17.6. The lowest BCUT2D eigenvalue weighted by Crippen LogP contribution is -2.43. The average molecular weight is 379 g/mol. The van der Waals surface area contributed by atoms with E-state index >= 15 is 0 Å². The van der Waals surface area contributed by atoms with E-state index in [1.165, 1.54) is 5.69 Å². The number of nitrogens with one attached hydrogen (secondary N) is 2. The first-order chi connectivity index (χ1) is 13.3. The van der Waals surface area contributed by atoms with E-state index in [-0.39, 0.29) is 5.75 Å². The number of aromatic hydroxyl groups is 1. The molecule has 0 aliphatic carbocycles. The highest BCUT2D eigenvalue weighted by molar-refractivity contribution is 7.16. The molecular weight excluding hydrogens is 356 g/mol. The molecule has 1 aliphatic rings. The molecule has 3 N–H and O–H groups in total. The number of anilines is 3. The first-order valence-corrected chi connectivity index (χ1v) is 9.84. The lowest BCUT2D eigenvalue weighted by molar-refractivity contribution is 0.475. The van der Waals surface area contributed by atoms with Crippen molar-refractivity contribution in [1.82, 2.24) is 10.3 Å². The van der Waals surface area contributed by atoms with Crippen molar-refractivity contribution in [3.8, 4) is 5.75 Å². The van der Waals surface area contributed by atoms with Gasteiger partial charge in [0.25, 0.3) is 0 Å². The third-order valence-electron chi connectivity index (χ3n) is 4.44. The number of hydrogen-bond acceptors (Lipinski definition) is 6. The number of hydrogen-bond donors (Lipinski definition) is 3. The summed E-state index contributed by atoms with van der Waals surface area (Å²) in [7, 11) is 0. The maximum atomic E-state index is 9.34. The predicted molar refractivity (Wildman–Crippen MR) is 114 cm³/mol. The van der Waals surface area contributed by atoms with E-state index < -0.39 is 0 Å². The first-order valence-electron chi connectivity index (χ1n) is 9.02. The summed E-state index contributed by atoms with van der Waals surface area (Å²) < 4.78 is 0. The summed E-state index contributed by atoms with van der Waals surface area (Å²) in [5, 5.41) is 17.0. The Morgan fingerprint density at radius 2 is 1.89 bits per heavy atom. The number of phenols is 1. The molecular formula is C21H22N4OS. The van der Waals surface area contributed by atoms with E-state index in [1.54, 1.807) is 23.5 Å². The lowest BCUT2D eigenvalue weighted by atomic mass is 10.2. The third-order valence-corrected chi connectivity index (χ3v) is 5.31. The monoisotopic (exact) mass is 378 g/mol. The molecule has 1 aromatic heterocycles. The Kier molecular flexibility index (Phi) is 5.37. The number of phenolic OH excluding ortho intramolecular Hbond substituents is 1. The molecule has 0 unspecified atom stereocenters. The van der Waals surface area contributed by atoms with Crippen LogP contribution in [0.2, 0.25) is 0 Å². The van der Waals surface area contributed by atoms with Gasteiger partial charge in [-0.15, -0.1) is 0 Å². The summed E-state index contributed by atoms with van der Waals surface area (Å²) in [6.45, 7) is 4.13. The normalized spacial score (nSPS) is 14.6. The molecule has 1 fully saturated rings. The predicted octanol–water partition coefficient (Wildman–Crippen LogP) is 4.17. The minimum atomic E-state index is 0.277. The van der Waals surface area contributed by atoms with Crippen LogP contribution in [-0.2, 0) is 0 Å². The molecule has 1 saturated heterocycles. The molecule has 1 aliphatic heterocycles. The van der Waals surface area contributed by atoms with Gasteiger partial charge in [0.2, 0.25) is 0 Å². The van der Waals surface area contributed by atoms with Crippen molar-refractivity contribution in [3.63, 3.8) is 0 Å².